The molecule has 1 aromatic carbocycles. The SMILES string of the molecule is CCNc1nc(C)cc(N2CCN(S(=O)(=O)Cc3ccccc3)CC2)n1. The van der Waals surface area contributed by atoms with E-state index < -0.39 is 10.0 Å². The average molecular weight is 375 g/mol. The first-order chi connectivity index (χ1) is 12.5. The highest BCUT2D eigenvalue weighted by Gasteiger charge is 2.27. The van der Waals surface area contributed by atoms with Gasteiger partial charge in [0, 0.05) is 44.5 Å². The van der Waals surface area contributed by atoms with Crippen molar-refractivity contribution in [2.24, 2.45) is 0 Å². The fourth-order valence-corrected chi connectivity index (χ4v) is 4.54. The Balaban J connectivity index is 1.65. The molecule has 2 aromatic rings. The second-order valence-corrected chi connectivity index (χ2v) is 8.32. The van der Waals surface area contributed by atoms with Crippen molar-refractivity contribution in [1.82, 2.24) is 14.3 Å². The molecule has 0 amide bonds. The van der Waals surface area contributed by atoms with Crippen molar-refractivity contribution >= 4 is 21.8 Å². The first kappa shape index (κ1) is 18.6. The Morgan fingerprint density at radius 1 is 1.08 bits per heavy atom. The zero-order valence-electron chi connectivity index (χ0n) is 15.2. The molecular weight excluding hydrogens is 350 g/mol. The molecule has 3 rings (SSSR count). The van der Waals surface area contributed by atoms with Crippen LogP contribution in [-0.4, -0.2) is 55.4 Å². The normalized spacial score (nSPS) is 15.8. The first-order valence-electron chi connectivity index (χ1n) is 8.84. The van der Waals surface area contributed by atoms with Crippen molar-refractivity contribution in [3.8, 4) is 0 Å². The van der Waals surface area contributed by atoms with Crippen LogP contribution in [0.3, 0.4) is 0 Å². The number of anilines is 2. The highest BCUT2D eigenvalue weighted by molar-refractivity contribution is 7.88. The summed E-state index contributed by atoms with van der Waals surface area (Å²) in [7, 11) is -3.31. The van der Waals surface area contributed by atoms with E-state index in [4.69, 9.17) is 0 Å². The molecule has 0 atom stereocenters. The molecule has 140 valence electrons. The van der Waals surface area contributed by atoms with Gasteiger partial charge in [-0.25, -0.2) is 13.4 Å². The van der Waals surface area contributed by atoms with E-state index in [1.54, 1.807) is 4.31 Å². The summed E-state index contributed by atoms with van der Waals surface area (Å²) in [6.45, 7) is 6.87. The van der Waals surface area contributed by atoms with E-state index >= 15 is 0 Å². The topological polar surface area (TPSA) is 78.4 Å². The minimum atomic E-state index is -3.31. The van der Waals surface area contributed by atoms with E-state index in [0.717, 1.165) is 23.6 Å². The van der Waals surface area contributed by atoms with Gasteiger partial charge in [-0.05, 0) is 19.4 Å². The van der Waals surface area contributed by atoms with Crippen LogP contribution in [0, 0.1) is 6.92 Å². The third-order valence-electron chi connectivity index (χ3n) is 4.32. The van der Waals surface area contributed by atoms with Gasteiger partial charge in [-0.15, -0.1) is 0 Å². The molecule has 1 N–H and O–H groups in total. The summed E-state index contributed by atoms with van der Waals surface area (Å²) in [6.07, 6.45) is 0. The van der Waals surface area contributed by atoms with E-state index in [9.17, 15) is 8.42 Å². The third kappa shape index (κ3) is 4.50. The summed E-state index contributed by atoms with van der Waals surface area (Å²) >= 11 is 0. The lowest BCUT2D eigenvalue weighted by atomic mass is 10.2. The van der Waals surface area contributed by atoms with Crippen molar-refractivity contribution < 1.29 is 8.42 Å². The van der Waals surface area contributed by atoms with Gasteiger partial charge in [0.15, 0.2) is 0 Å². The monoisotopic (exact) mass is 375 g/mol. The zero-order chi connectivity index (χ0) is 18.6. The standard InChI is InChI=1S/C18H25N5O2S/c1-3-19-18-20-15(2)13-17(21-18)22-9-11-23(12-10-22)26(24,25)14-16-7-5-4-6-8-16/h4-8,13H,3,9-12,14H2,1-2H3,(H,19,20,21). The van der Waals surface area contributed by atoms with E-state index in [1.807, 2.05) is 50.2 Å². The van der Waals surface area contributed by atoms with Crippen LogP contribution in [0.15, 0.2) is 36.4 Å². The highest BCUT2D eigenvalue weighted by atomic mass is 32.2. The molecule has 0 saturated carbocycles. The summed E-state index contributed by atoms with van der Waals surface area (Å²) in [4.78, 5) is 11.0. The van der Waals surface area contributed by atoms with Crippen molar-refractivity contribution in [3.05, 3.63) is 47.7 Å². The smallest absolute Gasteiger partial charge is 0.224 e. The van der Waals surface area contributed by atoms with Gasteiger partial charge in [-0.1, -0.05) is 30.3 Å². The van der Waals surface area contributed by atoms with Gasteiger partial charge in [0.05, 0.1) is 5.75 Å². The van der Waals surface area contributed by atoms with Crippen molar-refractivity contribution in [1.29, 1.82) is 0 Å². The average Bonchev–Trinajstić information content (AvgIpc) is 2.62. The van der Waals surface area contributed by atoms with Crippen LogP contribution in [0.2, 0.25) is 0 Å². The van der Waals surface area contributed by atoms with Crippen LogP contribution in [0.1, 0.15) is 18.2 Å². The Bertz CT molecular complexity index is 834. The summed E-state index contributed by atoms with van der Waals surface area (Å²) < 4.78 is 26.9. The Hall–Kier alpha value is -2.19. The van der Waals surface area contributed by atoms with Gasteiger partial charge < -0.3 is 10.2 Å². The number of aromatic nitrogens is 2. The van der Waals surface area contributed by atoms with Crippen LogP contribution in [-0.2, 0) is 15.8 Å². The maximum atomic E-state index is 12.7. The Kier molecular flexibility index (Phi) is 5.73. The lowest BCUT2D eigenvalue weighted by Crippen LogP contribution is -2.49. The first-order valence-corrected chi connectivity index (χ1v) is 10.4. The number of nitrogens with zero attached hydrogens (tertiary/aromatic N) is 4. The Labute approximate surface area is 155 Å². The molecule has 1 fully saturated rings. The molecule has 7 nitrogen and oxygen atoms in total. The minimum absolute atomic E-state index is 0.0467. The summed E-state index contributed by atoms with van der Waals surface area (Å²) in [6, 6.07) is 11.2. The molecule has 0 aliphatic carbocycles. The third-order valence-corrected chi connectivity index (χ3v) is 6.17. The predicted octanol–water partition coefficient (Wildman–Crippen LogP) is 1.87. The maximum absolute atomic E-state index is 12.7. The summed E-state index contributed by atoms with van der Waals surface area (Å²) in [5.74, 6) is 1.50. The Morgan fingerprint density at radius 2 is 1.77 bits per heavy atom. The molecule has 2 heterocycles. The summed E-state index contributed by atoms with van der Waals surface area (Å²) in [5, 5.41) is 3.13. The van der Waals surface area contributed by atoms with Crippen LogP contribution in [0.25, 0.3) is 0 Å². The molecule has 0 bridgehead atoms. The lowest BCUT2D eigenvalue weighted by molar-refractivity contribution is 0.383. The van der Waals surface area contributed by atoms with Crippen LogP contribution in [0.4, 0.5) is 11.8 Å². The van der Waals surface area contributed by atoms with Gasteiger partial charge in [0.2, 0.25) is 16.0 Å². The number of hydrogen-bond acceptors (Lipinski definition) is 6. The van der Waals surface area contributed by atoms with Crippen molar-refractivity contribution in [2.45, 2.75) is 19.6 Å². The van der Waals surface area contributed by atoms with Gasteiger partial charge in [0.25, 0.3) is 0 Å². The fourth-order valence-electron chi connectivity index (χ4n) is 3.02. The molecule has 0 radical (unpaired) electrons. The zero-order valence-corrected chi connectivity index (χ0v) is 16.0. The second-order valence-electron chi connectivity index (χ2n) is 6.35. The number of nitrogens with one attached hydrogen (secondary N) is 1. The number of benzene rings is 1. The van der Waals surface area contributed by atoms with Crippen molar-refractivity contribution in [3.63, 3.8) is 0 Å². The minimum Gasteiger partial charge on any atom is -0.354 e. The van der Waals surface area contributed by atoms with Gasteiger partial charge >= 0.3 is 0 Å². The number of rotatable bonds is 6. The van der Waals surface area contributed by atoms with E-state index in [2.05, 4.69) is 20.2 Å². The molecule has 8 heteroatoms. The molecule has 1 aromatic heterocycles. The van der Waals surface area contributed by atoms with Crippen LogP contribution in [0.5, 0.6) is 0 Å². The summed E-state index contributed by atoms with van der Waals surface area (Å²) in [5.41, 5.74) is 1.71. The molecule has 0 unspecified atom stereocenters. The van der Waals surface area contributed by atoms with Gasteiger partial charge in [-0.2, -0.15) is 9.29 Å². The Morgan fingerprint density at radius 3 is 2.42 bits per heavy atom. The van der Waals surface area contributed by atoms with E-state index in [1.165, 1.54) is 0 Å². The largest absolute Gasteiger partial charge is 0.354 e. The number of hydrogen-bond donors (Lipinski definition) is 1. The lowest BCUT2D eigenvalue weighted by Gasteiger charge is -2.34. The number of aryl methyl sites for hydroxylation is 1. The van der Waals surface area contributed by atoms with Gasteiger partial charge in [-0.3, -0.25) is 0 Å². The highest BCUT2D eigenvalue weighted by Crippen LogP contribution is 2.19. The predicted molar refractivity (Wildman–Crippen MR) is 104 cm³/mol. The van der Waals surface area contributed by atoms with E-state index in [-0.39, 0.29) is 5.75 Å². The molecule has 26 heavy (non-hydrogen) atoms. The van der Waals surface area contributed by atoms with Crippen LogP contribution >= 0.6 is 0 Å². The molecule has 1 aliphatic heterocycles. The molecular formula is C18H25N5O2S. The molecule has 1 aliphatic rings. The van der Waals surface area contributed by atoms with E-state index in [0.29, 0.717) is 32.1 Å². The fraction of sp³-hybridized carbons (Fsp3) is 0.444. The maximum Gasteiger partial charge on any atom is 0.224 e. The van der Waals surface area contributed by atoms with Crippen molar-refractivity contribution in [2.75, 3.05) is 42.9 Å². The number of sulfonamides is 1. The number of piperazine rings is 1. The second kappa shape index (κ2) is 8.01. The van der Waals surface area contributed by atoms with Gasteiger partial charge in [0.1, 0.15) is 5.82 Å². The molecule has 1 saturated heterocycles. The molecule has 0 spiro atoms. The van der Waals surface area contributed by atoms with Crippen LogP contribution < -0.4 is 10.2 Å². The quantitative estimate of drug-likeness (QED) is 0.830.